The molecule has 0 unspecified atom stereocenters. The minimum atomic E-state index is 0.438. The maximum absolute atomic E-state index is 5.55. The van der Waals surface area contributed by atoms with Crippen molar-refractivity contribution in [2.45, 2.75) is 19.5 Å². The first kappa shape index (κ1) is 18.8. The predicted molar refractivity (Wildman–Crippen MR) is 125 cm³/mol. The molecule has 150 valence electrons. The van der Waals surface area contributed by atoms with Crippen LogP contribution in [0.5, 0.6) is 0 Å². The van der Waals surface area contributed by atoms with Crippen LogP contribution in [0, 0.1) is 12.3 Å². The molecule has 7 heteroatoms. The summed E-state index contributed by atoms with van der Waals surface area (Å²) in [5.41, 5.74) is 4.41. The van der Waals surface area contributed by atoms with Crippen LogP contribution in [0.25, 0.3) is 32.2 Å². The molecule has 4 heterocycles. The summed E-state index contributed by atoms with van der Waals surface area (Å²) in [5, 5.41) is 18.0. The standard InChI is InChI=1S/C23H22N6S/c1-5-14-10-16(23(28-27-14)29(3)4)18-7-6-15-17(26-18)8-9-19-21(15)22-20(30-19)12-24-13(2)11-25-22/h1,6-10,13,24-25H,11-12H2,2-4H3/t13-/m1/s1. The highest BCUT2D eigenvalue weighted by Gasteiger charge is 2.20. The van der Waals surface area contributed by atoms with E-state index >= 15 is 0 Å². The maximum Gasteiger partial charge on any atom is 0.160 e. The van der Waals surface area contributed by atoms with Gasteiger partial charge in [-0.05, 0) is 43.2 Å². The van der Waals surface area contributed by atoms with E-state index in [9.17, 15) is 0 Å². The van der Waals surface area contributed by atoms with E-state index in [1.54, 1.807) is 0 Å². The van der Waals surface area contributed by atoms with E-state index in [1.807, 2.05) is 42.5 Å². The Hall–Kier alpha value is -3.21. The van der Waals surface area contributed by atoms with Gasteiger partial charge in [0.15, 0.2) is 5.82 Å². The van der Waals surface area contributed by atoms with Gasteiger partial charge in [0.05, 0.1) is 16.9 Å². The van der Waals surface area contributed by atoms with Crippen LogP contribution >= 0.6 is 11.3 Å². The fraction of sp³-hybridized carbons (Fsp3) is 0.261. The van der Waals surface area contributed by atoms with Crippen molar-refractivity contribution in [3.05, 3.63) is 40.9 Å². The Balaban J connectivity index is 1.70. The average molecular weight is 415 g/mol. The van der Waals surface area contributed by atoms with Crippen molar-refractivity contribution >= 4 is 43.8 Å². The van der Waals surface area contributed by atoms with Gasteiger partial charge in [-0.1, -0.05) is 0 Å². The van der Waals surface area contributed by atoms with Gasteiger partial charge in [0.2, 0.25) is 0 Å². The Labute approximate surface area is 179 Å². The quantitative estimate of drug-likeness (QED) is 0.486. The molecule has 0 radical (unpaired) electrons. The zero-order chi connectivity index (χ0) is 20.8. The number of aromatic nitrogens is 3. The van der Waals surface area contributed by atoms with Crippen molar-refractivity contribution in [3.8, 4) is 23.6 Å². The monoisotopic (exact) mass is 414 g/mol. The Morgan fingerprint density at radius 2 is 2.07 bits per heavy atom. The Bertz CT molecular complexity index is 1320. The summed E-state index contributed by atoms with van der Waals surface area (Å²) in [4.78, 5) is 8.25. The topological polar surface area (TPSA) is 66.0 Å². The van der Waals surface area contributed by atoms with Gasteiger partial charge < -0.3 is 15.5 Å². The molecule has 3 aromatic heterocycles. The zero-order valence-electron chi connectivity index (χ0n) is 17.2. The first-order valence-electron chi connectivity index (χ1n) is 9.89. The highest BCUT2D eigenvalue weighted by atomic mass is 32.1. The van der Waals surface area contributed by atoms with Crippen LogP contribution in [0.2, 0.25) is 0 Å². The Morgan fingerprint density at radius 3 is 2.87 bits per heavy atom. The van der Waals surface area contributed by atoms with Crippen molar-refractivity contribution in [1.82, 2.24) is 20.5 Å². The molecule has 4 aromatic rings. The molecule has 5 rings (SSSR count). The molecule has 1 aliphatic rings. The van der Waals surface area contributed by atoms with Gasteiger partial charge in [0.25, 0.3) is 0 Å². The predicted octanol–water partition coefficient (Wildman–Crippen LogP) is 3.86. The number of hydrogen-bond donors (Lipinski definition) is 2. The second-order valence-electron chi connectivity index (χ2n) is 7.77. The number of benzene rings is 1. The SMILES string of the molecule is C#Cc1cc(-c2ccc3c(ccc4sc5c(c43)NC[C@@H](C)NC5)n2)c(N(C)C)nn1. The first-order chi connectivity index (χ1) is 14.5. The molecule has 1 atom stereocenters. The molecule has 1 aliphatic heterocycles. The second kappa shape index (κ2) is 7.24. The lowest BCUT2D eigenvalue weighted by Crippen LogP contribution is -2.29. The smallest absolute Gasteiger partial charge is 0.160 e. The van der Waals surface area contributed by atoms with Gasteiger partial charge in [0, 0.05) is 59.1 Å². The number of fused-ring (bicyclic) bond motifs is 5. The van der Waals surface area contributed by atoms with E-state index in [0.29, 0.717) is 11.7 Å². The van der Waals surface area contributed by atoms with E-state index in [2.05, 4.69) is 51.9 Å². The Morgan fingerprint density at radius 1 is 1.20 bits per heavy atom. The number of pyridine rings is 1. The van der Waals surface area contributed by atoms with Gasteiger partial charge in [-0.3, -0.25) is 0 Å². The van der Waals surface area contributed by atoms with E-state index < -0.39 is 0 Å². The van der Waals surface area contributed by atoms with Crippen LogP contribution in [0.4, 0.5) is 11.5 Å². The summed E-state index contributed by atoms with van der Waals surface area (Å²) in [6.07, 6.45) is 5.55. The van der Waals surface area contributed by atoms with Gasteiger partial charge in [-0.2, -0.15) is 0 Å². The van der Waals surface area contributed by atoms with Crippen LogP contribution < -0.4 is 15.5 Å². The number of nitrogens with zero attached hydrogens (tertiary/aromatic N) is 4. The molecular formula is C23H22N6S. The largest absolute Gasteiger partial charge is 0.382 e. The minimum Gasteiger partial charge on any atom is -0.382 e. The summed E-state index contributed by atoms with van der Waals surface area (Å²) < 4.78 is 1.28. The Kier molecular flexibility index (Phi) is 4.54. The number of thiophene rings is 1. The normalized spacial score (nSPS) is 16.0. The maximum atomic E-state index is 5.55. The molecule has 0 fully saturated rings. The third kappa shape index (κ3) is 3.05. The second-order valence-corrected chi connectivity index (χ2v) is 8.91. The molecule has 0 saturated carbocycles. The van der Waals surface area contributed by atoms with E-state index in [0.717, 1.165) is 41.1 Å². The average Bonchev–Trinajstić information content (AvgIpc) is 3.03. The lowest BCUT2D eigenvalue weighted by atomic mass is 10.1. The van der Waals surface area contributed by atoms with Gasteiger partial charge in [-0.25, -0.2) is 4.98 Å². The van der Waals surface area contributed by atoms with Crippen LogP contribution in [-0.4, -0.2) is 41.9 Å². The van der Waals surface area contributed by atoms with Crippen LogP contribution in [0.15, 0.2) is 30.3 Å². The molecule has 2 N–H and O–H groups in total. The summed E-state index contributed by atoms with van der Waals surface area (Å²) >= 11 is 1.84. The molecule has 0 aliphatic carbocycles. The summed E-state index contributed by atoms with van der Waals surface area (Å²) in [6, 6.07) is 10.8. The zero-order valence-corrected chi connectivity index (χ0v) is 18.0. The number of anilines is 2. The number of hydrogen-bond acceptors (Lipinski definition) is 7. The van der Waals surface area contributed by atoms with Crippen molar-refractivity contribution in [3.63, 3.8) is 0 Å². The molecule has 30 heavy (non-hydrogen) atoms. The van der Waals surface area contributed by atoms with E-state index in [-0.39, 0.29) is 0 Å². The minimum absolute atomic E-state index is 0.438. The third-order valence-corrected chi connectivity index (χ3v) is 6.57. The number of rotatable bonds is 2. The van der Waals surface area contributed by atoms with Crippen LogP contribution in [0.1, 0.15) is 17.5 Å². The van der Waals surface area contributed by atoms with Gasteiger partial charge >= 0.3 is 0 Å². The summed E-state index contributed by atoms with van der Waals surface area (Å²) in [7, 11) is 3.88. The van der Waals surface area contributed by atoms with E-state index in [4.69, 9.17) is 11.4 Å². The third-order valence-electron chi connectivity index (χ3n) is 5.41. The van der Waals surface area contributed by atoms with Crippen molar-refractivity contribution in [1.29, 1.82) is 0 Å². The molecule has 0 saturated heterocycles. The molecule has 6 nitrogen and oxygen atoms in total. The lowest BCUT2D eigenvalue weighted by Gasteiger charge is -2.15. The van der Waals surface area contributed by atoms with Crippen molar-refractivity contribution in [2.24, 2.45) is 0 Å². The molecule has 0 bridgehead atoms. The summed E-state index contributed by atoms with van der Waals surface area (Å²) in [6.45, 7) is 4.00. The molecular weight excluding hydrogens is 392 g/mol. The summed E-state index contributed by atoms with van der Waals surface area (Å²) in [5.74, 6) is 3.32. The van der Waals surface area contributed by atoms with Crippen LogP contribution in [0.3, 0.4) is 0 Å². The van der Waals surface area contributed by atoms with E-state index in [1.165, 1.54) is 20.7 Å². The molecule has 0 amide bonds. The van der Waals surface area contributed by atoms with Crippen molar-refractivity contribution in [2.75, 3.05) is 30.9 Å². The van der Waals surface area contributed by atoms with Gasteiger partial charge in [-0.15, -0.1) is 28.0 Å². The molecule has 1 aromatic carbocycles. The number of terminal acetylenes is 1. The van der Waals surface area contributed by atoms with Gasteiger partial charge in [0.1, 0.15) is 5.69 Å². The fourth-order valence-corrected chi connectivity index (χ4v) is 5.03. The van der Waals surface area contributed by atoms with Crippen LogP contribution in [-0.2, 0) is 6.54 Å². The first-order valence-corrected chi connectivity index (χ1v) is 10.7. The highest BCUT2D eigenvalue weighted by Crippen LogP contribution is 2.41. The number of nitrogens with one attached hydrogen (secondary N) is 2. The lowest BCUT2D eigenvalue weighted by molar-refractivity contribution is 0.584. The molecule has 0 spiro atoms. The fourth-order valence-electron chi connectivity index (χ4n) is 3.88. The highest BCUT2D eigenvalue weighted by molar-refractivity contribution is 7.20. The van der Waals surface area contributed by atoms with Crippen molar-refractivity contribution < 1.29 is 0 Å².